The van der Waals surface area contributed by atoms with Gasteiger partial charge in [-0.2, -0.15) is 0 Å². The normalized spacial score (nSPS) is 10.2. The van der Waals surface area contributed by atoms with Crippen molar-refractivity contribution in [3.8, 4) is 0 Å². The summed E-state index contributed by atoms with van der Waals surface area (Å²) >= 11 is 3.20. The second-order valence-corrected chi connectivity index (χ2v) is 4.74. The molecule has 18 heavy (non-hydrogen) atoms. The number of pyridine rings is 1. The summed E-state index contributed by atoms with van der Waals surface area (Å²) in [5, 5.41) is 2.60. The summed E-state index contributed by atoms with van der Waals surface area (Å²) in [6, 6.07) is 5.99. The Labute approximate surface area is 112 Å². The van der Waals surface area contributed by atoms with Crippen molar-refractivity contribution >= 4 is 27.5 Å². The molecule has 0 bridgehead atoms. The molecule has 1 aromatic carbocycles. The lowest BCUT2D eigenvalue weighted by molar-refractivity contribution is 0.102. The summed E-state index contributed by atoms with van der Waals surface area (Å²) in [5.74, 6) is -1.06. The molecular weight excluding hydrogens is 299 g/mol. The summed E-state index contributed by atoms with van der Waals surface area (Å²) in [6.45, 7) is 1.86. The second-order valence-electron chi connectivity index (χ2n) is 3.83. The van der Waals surface area contributed by atoms with Crippen molar-refractivity contribution in [2.45, 2.75) is 6.92 Å². The van der Waals surface area contributed by atoms with Crippen molar-refractivity contribution in [1.82, 2.24) is 4.98 Å². The number of carbonyl (C=O) groups excluding carboxylic acids is 1. The van der Waals surface area contributed by atoms with Gasteiger partial charge in [0, 0.05) is 10.7 Å². The summed E-state index contributed by atoms with van der Waals surface area (Å²) in [5.41, 5.74) is 1.45. The molecule has 0 saturated carbocycles. The Morgan fingerprint density at radius 3 is 2.83 bits per heavy atom. The van der Waals surface area contributed by atoms with E-state index in [1.807, 2.05) is 6.92 Å². The number of benzene rings is 1. The minimum absolute atomic E-state index is 0.00844. The fraction of sp³-hybridized carbons (Fsp3) is 0.0769. The van der Waals surface area contributed by atoms with Gasteiger partial charge in [-0.3, -0.25) is 9.78 Å². The van der Waals surface area contributed by atoms with Crippen LogP contribution in [0.1, 0.15) is 15.9 Å². The standard InChI is InChI=1S/C13H10BrFN2O/c1-8-4-10(7-16-6-8)17-13(18)11-5-9(14)2-3-12(11)15/h2-7H,1H3,(H,17,18). The number of aromatic nitrogens is 1. The Balaban J connectivity index is 2.24. The molecule has 0 unspecified atom stereocenters. The molecule has 0 spiro atoms. The van der Waals surface area contributed by atoms with Crippen LogP contribution in [-0.4, -0.2) is 10.9 Å². The highest BCUT2D eigenvalue weighted by Gasteiger charge is 2.12. The average Bonchev–Trinajstić information content (AvgIpc) is 2.32. The maximum Gasteiger partial charge on any atom is 0.258 e. The van der Waals surface area contributed by atoms with Gasteiger partial charge in [-0.05, 0) is 36.8 Å². The van der Waals surface area contributed by atoms with Gasteiger partial charge in [-0.1, -0.05) is 15.9 Å². The Morgan fingerprint density at radius 2 is 2.11 bits per heavy atom. The topological polar surface area (TPSA) is 42.0 Å². The monoisotopic (exact) mass is 308 g/mol. The number of rotatable bonds is 2. The maximum absolute atomic E-state index is 13.5. The van der Waals surface area contributed by atoms with Gasteiger partial charge in [0.15, 0.2) is 0 Å². The number of hydrogen-bond donors (Lipinski definition) is 1. The fourth-order valence-corrected chi connectivity index (χ4v) is 1.85. The molecule has 3 nitrogen and oxygen atoms in total. The van der Waals surface area contributed by atoms with Gasteiger partial charge in [-0.25, -0.2) is 4.39 Å². The van der Waals surface area contributed by atoms with Gasteiger partial charge in [0.05, 0.1) is 17.4 Å². The quantitative estimate of drug-likeness (QED) is 0.922. The number of nitrogens with one attached hydrogen (secondary N) is 1. The van der Waals surface area contributed by atoms with E-state index in [-0.39, 0.29) is 5.56 Å². The Hall–Kier alpha value is -1.75. The van der Waals surface area contributed by atoms with Crippen molar-refractivity contribution in [3.63, 3.8) is 0 Å². The Kier molecular flexibility index (Phi) is 3.72. The lowest BCUT2D eigenvalue weighted by Crippen LogP contribution is -2.14. The van der Waals surface area contributed by atoms with E-state index >= 15 is 0 Å². The zero-order valence-corrected chi connectivity index (χ0v) is 11.2. The van der Waals surface area contributed by atoms with Gasteiger partial charge >= 0.3 is 0 Å². The van der Waals surface area contributed by atoms with E-state index in [0.717, 1.165) is 5.56 Å². The molecule has 0 aliphatic heterocycles. The molecule has 0 fully saturated rings. The van der Waals surface area contributed by atoms with Crippen molar-refractivity contribution in [2.24, 2.45) is 0 Å². The van der Waals surface area contributed by atoms with E-state index in [9.17, 15) is 9.18 Å². The number of halogens is 2. The van der Waals surface area contributed by atoms with Crippen LogP contribution in [0.3, 0.4) is 0 Å². The van der Waals surface area contributed by atoms with Gasteiger partial charge in [0.25, 0.3) is 5.91 Å². The minimum atomic E-state index is -0.559. The molecule has 1 aromatic heterocycles. The van der Waals surface area contributed by atoms with Crippen LogP contribution in [0.5, 0.6) is 0 Å². The molecule has 5 heteroatoms. The highest BCUT2D eigenvalue weighted by molar-refractivity contribution is 9.10. The highest BCUT2D eigenvalue weighted by atomic mass is 79.9. The number of aryl methyl sites for hydroxylation is 1. The molecule has 2 aromatic rings. The fourth-order valence-electron chi connectivity index (χ4n) is 1.49. The van der Waals surface area contributed by atoms with E-state index in [4.69, 9.17) is 0 Å². The third-order valence-electron chi connectivity index (χ3n) is 2.31. The summed E-state index contributed by atoms with van der Waals surface area (Å²) in [4.78, 5) is 15.9. The SMILES string of the molecule is Cc1cncc(NC(=O)c2cc(Br)ccc2F)c1. The number of anilines is 1. The van der Waals surface area contributed by atoms with Crippen LogP contribution in [0.15, 0.2) is 41.1 Å². The molecule has 0 atom stereocenters. The molecule has 1 N–H and O–H groups in total. The third-order valence-corrected chi connectivity index (χ3v) is 2.80. The molecule has 0 aliphatic rings. The lowest BCUT2D eigenvalue weighted by Gasteiger charge is -2.06. The van der Waals surface area contributed by atoms with Crippen LogP contribution in [-0.2, 0) is 0 Å². The zero-order valence-electron chi connectivity index (χ0n) is 9.58. The van der Waals surface area contributed by atoms with Crippen molar-refractivity contribution in [2.75, 3.05) is 5.32 Å². The van der Waals surface area contributed by atoms with Crippen LogP contribution in [0.4, 0.5) is 10.1 Å². The predicted octanol–water partition coefficient (Wildman–Crippen LogP) is 3.54. The number of amides is 1. The first kappa shape index (κ1) is 12.7. The van der Waals surface area contributed by atoms with Gasteiger partial charge in [0.2, 0.25) is 0 Å². The zero-order chi connectivity index (χ0) is 13.1. The Bertz CT molecular complexity index is 601. The molecule has 0 radical (unpaired) electrons. The molecule has 0 aliphatic carbocycles. The smallest absolute Gasteiger partial charge is 0.258 e. The van der Waals surface area contributed by atoms with Gasteiger partial charge in [0.1, 0.15) is 5.82 Å². The number of hydrogen-bond acceptors (Lipinski definition) is 2. The largest absolute Gasteiger partial charge is 0.320 e. The van der Waals surface area contributed by atoms with E-state index < -0.39 is 11.7 Å². The molecular formula is C13H10BrFN2O. The van der Waals surface area contributed by atoms with Crippen LogP contribution >= 0.6 is 15.9 Å². The number of carbonyl (C=O) groups is 1. The molecule has 1 heterocycles. The minimum Gasteiger partial charge on any atom is -0.320 e. The maximum atomic E-state index is 13.5. The van der Waals surface area contributed by atoms with Crippen molar-refractivity contribution in [1.29, 1.82) is 0 Å². The third kappa shape index (κ3) is 2.92. The highest BCUT2D eigenvalue weighted by Crippen LogP contribution is 2.17. The van der Waals surface area contributed by atoms with E-state index in [2.05, 4.69) is 26.2 Å². The van der Waals surface area contributed by atoms with Crippen LogP contribution in [0.2, 0.25) is 0 Å². The average molecular weight is 309 g/mol. The van der Waals surface area contributed by atoms with E-state index in [0.29, 0.717) is 10.2 Å². The number of nitrogens with zero attached hydrogens (tertiary/aromatic N) is 1. The van der Waals surface area contributed by atoms with Crippen LogP contribution < -0.4 is 5.32 Å². The summed E-state index contributed by atoms with van der Waals surface area (Å²) in [7, 11) is 0. The second kappa shape index (κ2) is 5.27. The van der Waals surface area contributed by atoms with Crippen LogP contribution in [0.25, 0.3) is 0 Å². The molecule has 0 saturated heterocycles. The van der Waals surface area contributed by atoms with Gasteiger partial charge in [-0.15, -0.1) is 0 Å². The van der Waals surface area contributed by atoms with E-state index in [1.54, 1.807) is 18.3 Å². The predicted molar refractivity (Wildman–Crippen MR) is 71.0 cm³/mol. The van der Waals surface area contributed by atoms with Crippen LogP contribution in [0, 0.1) is 12.7 Å². The lowest BCUT2D eigenvalue weighted by atomic mass is 10.2. The first-order valence-corrected chi connectivity index (χ1v) is 6.03. The molecule has 1 amide bonds. The van der Waals surface area contributed by atoms with Crippen molar-refractivity contribution in [3.05, 3.63) is 58.1 Å². The molecule has 92 valence electrons. The van der Waals surface area contributed by atoms with Gasteiger partial charge < -0.3 is 5.32 Å². The Morgan fingerprint density at radius 1 is 1.33 bits per heavy atom. The summed E-state index contributed by atoms with van der Waals surface area (Å²) in [6.07, 6.45) is 3.19. The van der Waals surface area contributed by atoms with E-state index in [1.165, 1.54) is 18.3 Å². The summed E-state index contributed by atoms with van der Waals surface area (Å²) < 4.78 is 14.2. The molecule has 2 rings (SSSR count). The van der Waals surface area contributed by atoms with Crippen molar-refractivity contribution < 1.29 is 9.18 Å². The first-order valence-electron chi connectivity index (χ1n) is 5.24. The first-order chi connectivity index (χ1) is 8.56.